The van der Waals surface area contributed by atoms with Gasteiger partial charge in [-0.05, 0) is 62.1 Å². The quantitative estimate of drug-likeness (QED) is 0.318. The second kappa shape index (κ2) is 10.2. The topological polar surface area (TPSA) is 18.5 Å². The Balaban J connectivity index is 1.73. The molecule has 7 heteroatoms. The molecule has 0 unspecified atom stereocenters. The summed E-state index contributed by atoms with van der Waals surface area (Å²) in [5.41, 5.74) is 0.363. The minimum atomic E-state index is -4.78. The van der Waals surface area contributed by atoms with Crippen LogP contribution in [0.2, 0.25) is 0 Å². The lowest BCUT2D eigenvalue weighted by atomic mass is 9.78. The fourth-order valence-electron chi connectivity index (χ4n) is 3.59. The zero-order chi connectivity index (χ0) is 20.6. The van der Waals surface area contributed by atoms with E-state index in [-0.39, 0.29) is 18.9 Å². The van der Waals surface area contributed by atoms with Crippen LogP contribution in [0.5, 0.6) is 5.75 Å². The van der Waals surface area contributed by atoms with Crippen molar-refractivity contribution in [2.24, 2.45) is 11.8 Å². The van der Waals surface area contributed by atoms with E-state index in [1.165, 1.54) is 12.1 Å². The van der Waals surface area contributed by atoms with Crippen molar-refractivity contribution in [3.05, 3.63) is 42.0 Å². The molecule has 0 spiro atoms. The van der Waals surface area contributed by atoms with Crippen molar-refractivity contribution >= 4 is 0 Å². The van der Waals surface area contributed by atoms with Gasteiger partial charge in [0.25, 0.3) is 0 Å². The number of hydrogen-bond donors (Lipinski definition) is 0. The molecule has 1 aromatic carbocycles. The largest absolute Gasteiger partial charge is 0.573 e. The van der Waals surface area contributed by atoms with Gasteiger partial charge < -0.3 is 9.47 Å². The van der Waals surface area contributed by atoms with E-state index < -0.39 is 18.2 Å². The number of alkyl halides is 5. The molecule has 28 heavy (non-hydrogen) atoms. The molecule has 0 heterocycles. The second-order valence-corrected chi connectivity index (χ2v) is 7.36. The predicted octanol–water partition coefficient (Wildman–Crippen LogP) is 7.25. The first-order chi connectivity index (χ1) is 13.2. The average Bonchev–Trinajstić information content (AvgIpc) is 2.61. The fourth-order valence-corrected chi connectivity index (χ4v) is 3.59. The Labute approximate surface area is 162 Å². The summed E-state index contributed by atoms with van der Waals surface area (Å²) in [6.45, 7) is 1.63. The van der Waals surface area contributed by atoms with Crippen LogP contribution < -0.4 is 4.74 Å². The Morgan fingerprint density at radius 2 is 1.57 bits per heavy atom. The zero-order valence-corrected chi connectivity index (χ0v) is 16.0. The van der Waals surface area contributed by atoms with Crippen LogP contribution in [0.15, 0.2) is 36.4 Å². The van der Waals surface area contributed by atoms with Crippen molar-refractivity contribution in [2.45, 2.75) is 70.9 Å². The number of halogens is 5. The minimum Gasteiger partial charge on any atom is -0.406 e. The van der Waals surface area contributed by atoms with E-state index in [4.69, 9.17) is 4.74 Å². The summed E-state index contributed by atoms with van der Waals surface area (Å²) in [7, 11) is 0. The van der Waals surface area contributed by atoms with Crippen LogP contribution in [0, 0.1) is 11.8 Å². The first-order valence-electron chi connectivity index (χ1n) is 9.64. The van der Waals surface area contributed by atoms with Crippen LogP contribution in [0.1, 0.15) is 57.4 Å². The fraction of sp³-hybridized carbons (Fsp3) is 0.619. The molecule has 1 aliphatic carbocycles. The van der Waals surface area contributed by atoms with Gasteiger partial charge in [-0.25, -0.2) is 0 Å². The maximum absolute atomic E-state index is 14.1. The summed E-state index contributed by atoms with van der Waals surface area (Å²) in [5, 5.41) is 0. The first-order valence-corrected chi connectivity index (χ1v) is 9.64. The molecule has 0 bridgehead atoms. The van der Waals surface area contributed by atoms with Gasteiger partial charge in [0.05, 0.1) is 6.61 Å². The molecule has 1 aromatic rings. The third kappa shape index (κ3) is 8.59. The lowest BCUT2D eigenvalue weighted by molar-refractivity contribution is -0.274. The van der Waals surface area contributed by atoms with Crippen molar-refractivity contribution in [2.75, 3.05) is 0 Å². The highest BCUT2D eigenvalue weighted by atomic mass is 19.4. The molecular formula is C21H27F5O2. The number of ether oxygens (including phenoxy) is 2. The van der Waals surface area contributed by atoms with Crippen LogP contribution in [0.4, 0.5) is 22.0 Å². The SMILES string of the molecule is CC=CCCC1CCC(CC(F)(F)OCc2ccc(OC(F)(F)F)cc2)CC1. The molecule has 158 valence electrons. The first kappa shape index (κ1) is 22.7. The van der Waals surface area contributed by atoms with Crippen molar-refractivity contribution in [3.8, 4) is 5.75 Å². The maximum atomic E-state index is 14.1. The Kier molecular flexibility index (Phi) is 8.28. The van der Waals surface area contributed by atoms with Crippen LogP contribution in [-0.2, 0) is 11.3 Å². The lowest BCUT2D eigenvalue weighted by Crippen LogP contribution is -2.27. The number of hydrogen-bond acceptors (Lipinski definition) is 2. The maximum Gasteiger partial charge on any atom is 0.573 e. The number of rotatable bonds is 9. The summed E-state index contributed by atoms with van der Waals surface area (Å²) in [4.78, 5) is 0. The van der Waals surface area contributed by atoms with Gasteiger partial charge in [0.15, 0.2) is 0 Å². The van der Waals surface area contributed by atoms with Crippen LogP contribution >= 0.6 is 0 Å². The lowest BCUT2D eigenvalue weighted by Gasteiger charge is -2.30. The van der Waals surface area contributed by atoms with Gasteiger partial charge in [-0.15, -0.1) is 13.2 Å². The Bertz CT molecular complexity index is 602. The smallest absolute Gasteiger partial charge is 0.406 e. The van der Waals surface area contributed by atoms with Gasteiger partial charge in [0.2, 0.25) is 0 Å². The predicted molar refractivity (Wildman–Crippen MR) is 97.0 cm³/mol. The summed E-state index contributed by atoms with van der Waals surface area (Å²) in [6.07, 6.45) is 1.47. The van der Waals surface area contributed by atoms with Gasteiger partial charge in [0, 0.05) is 6.42 Å². The van der Waals surface area contributed by atoms with Gasteiger partial charge in [-0.1, -0.05) is 37.1 Å². The van der Waals surface area contributed by atoms with Crippen molar-refractivity contribution < 1.29 is 31.4 Å². The standard InChI is InChI=1S/C21H27F5O2/c1-2-3-4-5-16-6-8-17(9-7-16)14-20(22,23)27-15-18-10-12-19(13-11-18)28-21(24,25)26/h2-3,10-13,16-17H,4-9,14-15H2,1H3. The van der Waals surface area contributed by atoms with Crippen LogP contribution in [0.3, 0.4) is 0 Å². The Hall–Kier alpha value is -1.63. The van der Waals surface area contributed by atoms with E-state index in [0.29, 0.717) is 11.5 Å². The van der Waals surface area contributed by atoms with Crippen molar-refractivity contribution in [1.29, 1.82) is 0 Å². The summed E-state index contributed by atoms with van der Waals surface area (Å²) < 4.78 is 73.1. The molecule has 0 saturated heterocycles. The summed E-state index contributed by atoms with van der Waals surface area (Å²) in [6, 6.07) is 4.73. The van der Waals surface area contributed by atoms with E-state index in [1.807, 2.05) is 13.0 Å². The normalized spacial score (nSPS) is 21.2. The molecule has 0 amide bonds. The third-order valence-electron chi connectivity index (χ3n) is 5.08. The van der Waals surface area contributed by atoms with Crippen molar-refractivity contribution in [3.63, 3.8) is 0 Å². The van der Waals surface area contributed by atoms with Gasteiger partial charge in [-0.3, -0.25) is 0 Å². The molecule has 1 fully saturated rings. The van der Waals surface area contributed by atoms with E-state index in [0.717, 1.165) is 50.7 Å². The van der Waals surface area contributed by atoms with E-state index in [2.05, 4.69) is 10.8 Å². The van der Waals surface area contributed by atoms with E-state index in [9.17, 15) is 22.0 Å². The van der Waals surface area contributed by atoms with Gasteiger partial charge in [-0.2, -0.15) is 8.78 Å². The van der Waals surface area contributed by atoms with Crippen LogP contribution in [0.25, 0.3) is 0 Å². The highest BCUT2D eigenvalue weighted by Gasteiger charge is 2.35. The van der Waals surface area contributed by atoms with E-state index in [1.54, 1.807) is 0 Å². The number of allylic oxidation sites excluding steroid dienone is 2. The summed E-state index contributed by atoms with van der Waals surface area (Å²) in [5.74, 6) is 0.157. The molecule has 0 atom stereocenters. The number of benzene rings is 1. The van der Waals surface area contributed by atoms with Crippen molar-refractivity contribution in [1.82, 2.24) is 0 Å². The summed E-state index contributed by atoms with van der Waals surface area (Å²) >= 11 is 0. The minimum absolute atomic E-state index is 0.0597. The molecule has 2 nitrogen and oxygen atoms in total. The molecule has 2 rings (SSSR count). The zero-order valence-electron chi connectivity index (χ0n) is 16.0. The molecule has 0 aliphatic heterocycles. The molecule has 0 aromatic heterocycles. The molecule has 0 radical (unpaired) electrons. The monoisotopic (exact) mass is 406 g/mol. The Morgan fingerprint density at radius 3 is 2.14 bits per heavy atom. The molecular weight excluding hydrogens is 379 g/mol. The second-order valence-electron chi connectivity index (χ2n) is 7.36. The molecule has 0 N–H and O–H groups in total. The molecule has 1 aliphatic rings. The highest BCUT2D eigenvalue weighted by molar-refractivity contribution is 5.27. The average molecular weight is 406 g/mol. The van der Waals surface area contributed by atoms with Gasteiger partial charge in [0.1, 0.15) is 5.75 Å². The highest BCUT2D eigenvalue weighted by Crippen LogP contribution is 2.38. The Morgan fingerprint density at radius 1 is 0.964 bits per heavy atom. The van der Waals surface area contributed by atoms with E-state index >= 15 is 0 Å². The third-order valence-corrected chi connectivity index (χ3v) is 5.08. The van der Waals surface area contributed by atoms with Crippen LogP contribution in [-0.4, -0.2) is 12.5 Å². The van der Waals surface area contributed by atoms with Gasteiger partial charge >= 0.3 is 12.5 Å². The molecule has 1 saturated carbocycles.